The molecule has 6 heteroatoms. The number of aromatic nitrogens is 3. The van der Waals surface area contributed by atoms with Crippen molar-refractivity contribution < 1.29 is 4.52 Å². The summed E-state index contributed by atoms with van der Waals surface area (Å²) < 4.78 is 5.67. The molecule has 31 heavy (non-hydrogen) atoms. The van der Waals surface area contributed by atoms with E-state index in [4.69, 9.17) is 4.52 Å². The molecule has 2 aromatic heterocycles. The van der Waals surface area contributed by atoms with Crippen molar-refractivity contribution in [3.8, 4) is 17.5 Å². The monoisotopic (exact) mass is 407 g/mol. The smallest absolute Gasteiger partial charge is 0.258 e. The minimum absolute atomic E-state index is 0.370. The summed E-state index contributed by atoms with van der Waals surface area (Å²) in [6.07, 6.45) is 3.71. The average molecular weight is 407 g/mol. The van der Waals surface area contributed by atoms with Crippen LogP contribution >= 0.6 is 0 Å². The Morgan fingerprint density at radius 3 is 2.71 bits per heavy atom. The van der Waals surface area contributed by atoms with Gasteiger partial charge in [-0.3, -0.25) is 0 Å². The maximum absolute atomic E-state index is 9.35. The molecule has 4 aromatic rings. The zero-order valence-electron chi connectivity index (χ0n) is 17.5. The highest BCUT2D eigenvalue weighted by Crippen LogP contribution is 2.29. The molecule has 0 spiro atoms. The minimum Gasteiger partial charge on any atom is -0.373 e. The van der Waals surface area contributed by atoms with Crippen LogP contribution in [0.4, 0.5) is 5.82 Å². The fourth-order valence-corrected chi connectivity index (χ4v) is 3.27. The molecule has 0 aliphatic carbocycles. The topological polar surface area (TPSA) is 87.6 Å². The molecule has 0 unspecified atom stereocenters. The molecular formula is C25H21N5O. The van der Waals surface area contributed by atoms with Crippen LogP contribution in [0.5, 0.6) is 0 Å². The first-order valence-electron chi connectivity index (χ1n) is 9.86. The first kappa shape index (κ1) is 20.0. The van der Waals surface area contributed by atoms with E-state index in [9.17, 15) is 5.26 Å². The van der Waals surface area contributed by atoms with Gasteiger partial charge in [0, 0.05) is 18.8 Å². The number of anilines is 1. The van der Waals surface area contributed by atoms with Crippen molar-refractivity contribution in [1.82, 2.24) is 15.1 Å². The third kappa shape index (κ3) is 4.21. The van der Waals surface area contributed by atoms with E-state index in [-0.39, 0.29) is 0 Å². The number of nitriles is 1. The van der Waals surface area contributed by atoms with E-state index < -0.39 is 0 Å². The number of hydrogen-bond acceptors (Lipinski definition) is 6. The van der Waals surface area contributed by atoms with Crippen LogP contribution in [0.15, 0.2) is 65.3 Å². The standard InChI is InChI=1S/C25H21N5O/c1-16-9-10-18(12-17(16)2)14-22(20-7-4-6-19(13-20)15-26)25-29-24(30-31-25)21-8-5-11-28-23(21)27-3/h4-14H,1-3H3,(H,27,28). The van der Waals surface area contributed by atoms with Gasteiger partial charge in [-0.05, 0) is 66.4 Å². The normalized spacial score (nSPS) is 11.2. The van der Waals surface area contributed by atoms with Crippen molar-refractivity contribution in [2.45, 2.75) is 13.8 Å². The maximum atomic E-state index is 9.35. The van der Waals surface area contributed by atoms with E-state index in [1.807, 2.05) is 42.5 Å². The van der Waals surface area contributed by atoms with Crippen LogP contribution < -0.4 is 5.32 Å². The summed E-state index contributed by atoms with van der Waals surface area (Å²) in [5.41, 5.74) is 6.31. The summed E-state index contributed by atoms with van der Waals surface area (Å²) in [6, 6.07) is 19.5. The lowest BCUT2D eigenvalue weighted by molar-refractivity contribution is 0.409. The summed E-state index contributed by atoms with van der Waals surface area (Å²) in [4.78, 5) is 8.96. The summed E-state index contributed by atoms with van der Waals surface area (Å²) >= 11 is 0. The lowest BCUT2D eigenvalue weighted by Gasteiger charge is -2.06. The number of nitrogens with zero attached hydrogens (tertiary/aromatic N) is 4. The van der Waals surface area contributed by atoms with Gasteiger partial charge in [0.05, 0.1) is 17.2 Å². The van der Waals surface area contributed by atoms with E-state index in [0.717, 1.165) is 22.3 Å². The van der Waals surface area contributed by atoms with Crippen LogP contribution in [0.2, 0.25) is 0 Å². The van der Waals surface area contributed by atoms with E-state index >= 15 is 0 Å². The van der Waals surface area contributed by atoms with Crippen LogP contribution in [-0.4, -0.2) is 22.2 Å². The number of aryl methyl sites for hydroxylation is 2. The van der Waals surface area contributed by atoms with Crippen molar-refractivity contribution in [3.05, 3.63) is 94.5 Å². The highest BCUT2D eigenvalue weighted by atomic mass is 16.5. The summed E-state index contributed by atoms with van der Waals surface area (Å²) in [7, 11) is 1.80. The molecule has 4 rings (SSSR count). The highest BCUT2D eigenvalue weighted by Gasteiger charge is 2.17. The van der Waals surface area contributed by atoms with Gasteiger partial charge in [0.2, 0.25) is 5.82 Å². The molecule has 152 valence electrons. The Bertz CT molecular complexity index is 1310. The second-order valence-corrected chi connectivity index (χ2v) is 7.17. The SMILES string of the molecule is CNc1ncccc1-c1noc(C(=Cc2ccc(C)c(C)c2)c2cccc(C#N)c2)n1. The first-order chi connectivity index (χ1) is 15.1. The number of rotatable bonds is 5. The third-order valence-corrected chi connectivity index (χ3v) is 5.09. The molecule has 2 heterocycles. The second kappa shape index (κ2) is 8.64. The van der Waals surface area contributed by atoms with Crippen molar-refractivity contribution >= 4 is 17.5 Å². The zero-order valence-corrected chi connectivity index (χ0v) is 17.5. The molecule has 1 N–H and O–H groups in total. The van der Waals surface area contributed by atoms with Crippen molar-refractivity contribution in [1.29, 1.82) is 5.26 Å². The summed E-state index contributed by atoms with van der Waals surface area (Å²) in [6.45, 7) is 4.16. The number of pyridine rings is 1. The fourth-order valence-electron chi connectivity index (χ4n) is 3.27. The van der Waals surface area contributed by atoms with Gasteiger partial charge in [0.25, 0.3) is 5.89 Å². The lowest BCUT2D eigenvalue weighted by Crippen LogP contribution is -1.96. The molecule has 2 aromatic carbocycles. The predicted octanol–water partition coefficient (Wildman–Crippen LogP) is 5.25. The van der Waals surface area contributed by atoms with Crippen LogP contribution in [0.1, 0.15) is 33.7 Å². The number of hydrogen-bond donors (Lipinski definition) is 1. The Labute approximate surface area is 180 Å². The van der Waals surface area contributed by atoms with Gasteiger partial charge < -0.3 is 9.84 Å². The molecule has 0 saturated carbocycles. The van der Waals surface area contributed by atoms with E-state index in [1.54, 1.807) is 19.3 Å². The van der Waals surface area contributed by atoms with E-state index in [1.165, 1.54) is 11.1 Å². The van der Waals surface area contributed by atoms with Gasteiger partial charge >= 0.3 is 0 Å². The van der Waals surface area contributed by atoms with Gasteiger partial charge in [0.15, 0.2) is 0 Å². The fraction of sp³-hybridized carbons (Fsp3) is 0.120. The number of benzene rings is 2. The molecule has 0 bridgehead atoms. The zero-order chi connectivity index (χ0) is 21.8. The highest BCUT2D eigenvalue weighted by molar-refractivity contribution is 5.89. The molecule has 0 amide bonds. The largest absolute Gasteiger partial charge is 0.373 e. The van der Waals surface area contributed by atoms with E-state index in [2.05, 4.69) is 52.5 Å². The molecule has 0 aliphatic heterocycles. The Kier molecular flexibility index (Phi) is 5.59. The predicted molar refractivity (Wildman–Crippen MR) is 121 cm³/mol. The van der Waals surface area contributed by atoms with E-state index in [0.29, 0.717) is 23.1 Å². The van der Waals surface area contributed by atoms with Crippen LogP contribution in [-0.2, 0) is 0 Å². The van der Waals surface area contributed by atoms with Crippen molar-refractivity contribution in [2.75, 3.05) is 12.4 Å². The Balaban J connectivity index is 1.85. The average Bonchev–Trinajstić information content (AvgIpc) is 3.29. The van der Waals surface area contributed by atoms with Crippen molar-refractivity contribution in [2.24, 2.45) is 0 Å². The van der Waals surface area contributed by atoms with Crippen molar-refractivity contribution in [3.63, 3.8) is 0 Å². The Morgan fingerprint density at radius 1 is 1.06 bits per heavy atom. The summed E-state index contributed by atoms with van der Waals surface area (Å²) in [5.74, 6) is 1.48. The molecule has 0 saturated heterocycles. The lowest BCUT2D eigenvalue weighted by atomic mass is 9.99. The molecule has 6 nitrogen and oxygen atoms in total. The van der Waals surface area contributed by atoms with Gasteiger partial charge in [-0.2, -0.15) is 10.2 Å². The summed E-state index contributed by atoms with van der Waals surface area (Å²) in [5, 5.41) is 16.6. The minimum atomic E-state index is 0.370. The first-order valence-corrected chi connectivity index (χ1v) is 9.86. The van der Waals surface area contributed by atoms with Gasteiger partial charge in [-0.25, -0.2) is 4.98 Å². The van der Waals surface area contributed by atoms with Gasteiger partial charge in [-0.1, -0.05) is 35.5 Å². The molecule has 0 radical (unpaired) electrons. The molecule has 0 atom stereocenters. The molecule has 0 fully saturated rings. The maximum Gasteiger partial charge on any atom is 0.258 e. The van der Waals surface area contributed by atoms with Crippen LogP contribution in [0, 0.1) is 25.2 Å². The molecule has 0 aliphatic rings. The molecular weight excluding hydrogens is 386 g/mol. The quantitative estimate of drug-likeness (QED) is 0.455. The van der Waals surface area contributed by atoms with Crippen LogP contribution in [0.25, 0.3) is 23.0 Å². The van der Waals surface area contributed by atoms with Crippen LogP contribution in [0.3, 0.4) is 0 Å². The number of nitrogens with one attached hydrogen (secondary N) is 1. The van der Waals surface area contributed by atoms with Gasteiger partial charge in [-0.15, -0.1) is 0 Å². The van der Waals surface area contributed by atoms with Gasteiger partial charge in [0.1, 0.15) is 5.82 Å². The third-order valence-electron chi connectivity index (χ3n) is 5.09. The Hall–Kier alpha value is -4.24. The Morgan fingerprint density at radius 2 is 1.94 bits per heavy atom. The second-order valence-electron chi connectivity index (χ2n) is 7.17.